The zero-order valence-corrected chi connectivity index (χ0v) is 17.7. The van der Waals surface area contributed by atoms with Gasteiger partial charge < -0.3 is 15.0 Å². The van der Waals surface area contributed by atoms with E-state index in [4.69, 9.17) is 32.9 Å². The van der Waals surface area contributed by atoms with E-state index < -0.39 is 0 Å². The number of halogens is 2. The first kappa shape index (κ1) is 18.9. The fourth-order valence-electron chi connectivity index (χ4n) is 3.53. The van der Waals surface area contributed by atoms with Crippen LogP contribution in [0.2, 0.25) is 10.0 Å². The van der Waals surface area contributed by atoms with Crippen LogP contribution in [0.4, 0.5) is 11.5 Å². The molecule has 0 unspecified atom stereocenters. The molecule has 30 heavy (non-hydrogen) atoms. The number of hydrogen-bond donors (Lipinski definition) is 2. The van der Waals surface area contributed by atoms with Gasteiger partial charge in [0.2, 0.25) is 0 Å². The molecule has 0 aliphatic carbocycles. The highest BCUT2D eigenvalue weighted by atomic mass is 35.5. The van der Waals surface area contributed by atoms with Crippen LogP contribution >= 0.6 is 23.2 Å². The standard InChI is InChI=1S/C22H17Cl2N5O/c1-11(2)30-12-8-15(23)18(16(24)9-12)22-28-19-13-5-7-25-10-17(13)27-21-14(20(19)29-22)4-3-6-26-21/h3-11H,1-2H3,(H,26,27)(H,28,29). The molecular formula is C22H17Cl2N5O. The van der Waals surface area contributed by atoms with E-state index in [0.29, 0.717) is 33.0 Å². The molecule has 1 aromatic carbocycles. The summed E-state index contributed by atoms with van der Waals surface area (Å²) in [6.07, 6.45) is 5.26. The van der Waals surface area contributed by atoms with Gasteiger partial charge in [0.05, 0.1) is 39.3 Å². The first-order valence-corrected chi connectivity index (χ1v) is 10.2. The predicted molar refractivity (Wildman–Crippen MR) is 120 cm³/mol. The van der Waals surface area contributed by atoms with E-state index in [9.17, 15) is 0 Å². The Balaban J connectivity index is 1.71. The zero-order chi connectivity index (χ0) is 20.8. The quantitative estimate of drug-likeness (QED) is 0.343. The molecule has 6 nitrogen and oxygen atoms in total. The number of imidazole rings is 1. The summed E-state index contributed by atoms with van der Waals surface area (Å²) in [5.74, 6) is 1.90. The molecule has 0 spiro atoms. The van der Waals surface area contributed by atoms with Crippen molar-refractivity contribution in [1.29, 1.82) is 0 Å². The predicted octanol–water partition coefficient (Wildman–Crippen LogP) is 6.35. The van der Waals surface area contributed by atoms with Crippen molar-refractivity contribution in [3.63, 3.8) is 0 Å². The first-order chi connectivity index (χ1) is 14.5. The van der Waals surface area contributed by atoms with Crippen LogP contribution in [-0.4, -0.2) is 26.0 Å². The average Bonchev–Trinajstić information content (AvgIpc) is 3.07. The highest BCUT2D eigenvalue weighted by Crippen LogP contribution is 2.45. The molecule has 0 fully saturated rings. The molecule has 1 aliphatic rings. The summed E-state index contributed by atoms with van der Waals surface area (Å²) in [4.78, 5) is 17.0. The fraction of sp³-hybridized carbons (Fsp3) is 0.136. The molecule has 1 aliphatic heterocycles. The third-order valence-electron chi connectivity index (χ3n) is 4.73. The Morgan fingerprint density at radius 2 is 1.83 bits per heavy atom. The number of aromatic nitrogens is 4. The maximum atomic E-state index is 6.59. The Kier molecular flexibility index (Phi) is 4.60. The molecule has 3 aromatic heterocycles. The second kappa shape index (κ2) is 7.31. The number of hydrogen-bond acceptors (Lipinski definition) is 5. The molecule has 2 N–H and O–H groups in total. The van der Waals surface area contributed by atoms with Crippen molar-refractivity contribution >= 4 is 34.7 Å². The fourth-order valence-corrected chi connectivity index (χ4v) is 4.18. The lowest BCUT2D eigenvalue weighted by Gasteiger charge is -2.12. The highest BCUT2D eigenvalue weighted by molar-refractivity contribution is 6.39. The largest absolute Gasteiger partial charge is 0.491 e. The lowest BCUT2D eigenvalue weighted by Crippen LogP contribution is -2.05. The van der Waals surface area contributed by atoms with Crippen LogP contribution in [0.3, 0.4) is 0 Å². The SMILES string of the molecule is CC(C)Oc1cc(Cl)c(-c2nc3c([nH]2)-c2ccncc2Nc2ncccc2-3)c(Cl)c1. The Morgan fingerprint density at radius 1 is 1.03 bits per heavy atom. The lowest BCUT2D eigenvalue weighted by atomic mass is 10.1. The number of fused-ring (bicyclic) bond motifs is 5. The second-order valence-electron chi connectivity index (χ2n) is 7.18. The van der Waals surface area contributed by atoms with Gasteiger partial charge in [-0.15, -0.1) is 0 Å². The van der Waals surface area contributed by atoms with Crippen LogP contribution in [0, 0.1) is 0 Å². The molecule has 0 radical (unpaired) electrons. The minimum absolute atomic E-state index is 0.0178. The Morgan fingerprint density at radius 3 is 2.60 bits per heavy atom. The van der Waals surface area contributed by atoms with Crippen molar-refractivity contribution in [2.45, 2.75) is 20.0 Å². The van der Waals surface area contributed by atoms with Gasteiger partial charge in [-0.1, -0.05) is 23.2 Å². The smallest absolute Gasteiger partial charge is 0.141 e. The number of anilines is 2. The molecule has 0 amide bonds. The maximum absolute atomic E-state index is 6.59. The minimum atomic E-state index is 0.0178. The van der Waals surface area contributed by atoms with E-state index in [0.717, 1.165) is 28.2 Å². The van der Waals surface area contributed by atoms with Crippen molar-refractivity contribution in [2.75, 3.05) is 5.32 Å². The van der Waals surface area contributed by atoms with E-state index in [1.54, 1.807) is 30.7 Å². The van der Waals surface area contributed by atoms with Crippen molar-refractivity contribution < 1.29 is 4.74 Å². The Labute approximate surface area is 183 Å². The molecule has 0 saturated heterocycles. The lowest BCUT2D eigenvalue weighted by molar-refractivity contribution is 0.242. The monoisotopic (exact) mass is 437 g/mol. The van der Waals surface area contributed by atoms with E-state index in [1.165, 1.54) is 0 Å². The summed E-state index contributed by atoms with van der Waals surface area (Å²) in [7, 11) is 0. The normalized spacial score (nSPS) is 11.9. The van der Waals surface area contributed by atoms with E-state index in [1.807, 2.05) is 32.0 Å². The third kappa shape index (κ3) is 3.18. The molecule has 4 aromatic rings. The van der Waals surface area contributed by atoms with Gasteiger partial charge in [-0.2, -0.15) is 0 Å². The summed E-state index contributed by atoms with van der Waals surface area (Å²) in [5.41, 5.74) is 4.87. The summed E-state index contributed by atoms with van der Waals surface area (Å²) in [6.45, 7) is 3.90. The van der Waals surface area contributed by atoms with Crippen LogP contribution in [0.15, 0.2) is 48.9 Å². The second-order valence-corrected chi connectivity index (χ2v) is 8.00. The molecule has 0 saturated carbocycles. The third-order valence-corrected chi connectivity index (χ3v) is 5.33. The van der Waals surface area contributed by atoms with Gasteiger partial charge in [0.25, 0.3) is 0 Å². The van der Waals surface area contributed by atoms with Gasteiger partial charge in [-0.05, 0) is 44.2 Å². The van der Waals surface area contributed by atoms with Crippen LogP contribution in [-0.2, 0) is 0 Å². The van der Waals surface area contributed by atoms with Crippen LogP contribution in [0.5, 0.6) is 5.75 Å². The first-order valence-electron chi connectivity index (χ1n) is 9.44. The molecule has 0 bridgehead atoms. The molecule has 0 atom stereocenters. The van der Waals surface area contributed by atoms with Gasteiger partial charge in [0.1, 0.15) is 23.1 Å². The van der Waals surface area contributed by atoms with Gasteiger partial charge in [-0.3, -0.25) is 4.98 Å². The number of aromatic amines is 1. The molecule has 8 heteroatoms. The van der Waals surface area contributed by atoms with Crippen molar-refractivity contribution in [1.82, 2.24) is 19.9 Å². The van der Waals surface area contributed by atoms with Gasteiger partial charge in [0, 0.05) is 23.5 Å². The minimum Gasteiger partial charge on any atom is -0.491 e. The summed E-state index contributed by atoms with van der Waals surface area (Å²) < 4.78 is 5.73. The van der Waals surface area contributed by atoms with E-state index >= 15 is 0 Å². The van der Waals surface area contributed by atoms with E-state index in [-0.39, 0.29) is 6.10 Å². The number of benzene rings is 1. The van der Waals surface area contributed by atoms with Crippen LogP contribution in [0.25, 0.3) is 33.9 Å². The zero-order valence-electron chi connectivity index (χ0n) is 16.2. The van der Waals surface area contributed by atoms with Crippen molar-refractivity contribution in [3.05, 3.63) is 59.0 Å². The van der Waals surface area contributed by atoms with Crippen LogP contribution in [0.1, 0.15) is 13.8 Å². The Hall–Kier alpha value is -3.09. The molecule has 150 valence electrons. The number of rotatable bonds is 3. The van der Waals surface area contributed by atoms with Crippen molar-refractivity contribution in [3.8, 4) is 39.7 Å². The highest BCUT2D eigenvalue weighted by Gasteiger charge is 2.25. The number of ether oxygens (including phenoxy) is 1. The number of nitrogens with zero attached hydrogens (tertiary/aromatic N) is 3. The molecular weight excluding hydrogens is 421 g/mol. The summed E-state index contributed by atoms with van der Waals surface area (Å²) >= 11 is 13.2. The van der Waals surface area contributed by atoms with E-state index in [2.05, 4.69) is 20.3 Å². The van der Waals surface area contributed by atoms with Gasteiger partial charge >= 0.3 is 0 Å². The van der Waals surface area contributed by atoms with Gasteiger partial charge in [-0.25, -0.2) is 9.97 Å². The number of nitrogens with one attached hydrogen (secondary N) is 2. The average molecular weight is 438 g/mol. The molecule has 5 rings (SSSR count). The van der Waals surface area contributed by atoms with Crippen molar-refractivity contribution in [2.24, 2.45) is 0 Å². The van der Waals surface area contributed by atoms with Gasteiger partial charge in [0.15, 0.2) is 0 Å². The van der Waals surface area contributed by atoms with Crippen LogP contribution < -0.4 is 10.1 Å². The summed E-state index contributed by atoms with van der Waals surface area (Å²) in [5, 5.41) is 4.26. The molecule has 4 heterocycles. The Bertz CT molecular complexity index is 1180. The topological polar surface area (TPSA) is 75.7 Å². The summed E-state index contributed by atoms with van der Waals surface area (Å²) in [6, 6.07) is 9.29. The number of pyridine rings is 2. The number of H-pyrrole nitrogens is 1. The maximum Gasteiger partial charge on any atom is 0.141 e.